The Morgan fingerprint density at radius 2 is 1.96 bits per heavy atom. The van der Waals surface area contributed by atoms with Crippen molar-refractivity contribution >= 4 is 12.0 Å². The second kappa shape index (κ2) is 10.1. The van der Waals surface area contributed by atoms with Crippen LogP contribution in [0.5, 0.6) is 0 Å². The number of piperidine rings is 1. The van der Waals surface area contributed by atoms with Crippen LogP contribution in [-0.4, -0.2) is 54.2 Å². The van der Waals surface area contributed by atoms with Gasteiger partial charge in [-0.25, -0.2) is 4.79 Å². The van der Waals surface area contributed by atoms with Gasteiger partial charge in [0.05, 0.1) is 6.04 Å². The summed E-state index contributed by atoms with van der Waals surface area (Å²) in [5.41, 5.74) is 1.01. The van der Waals surface area contributed by atoms with E-state index in [0.29, 0.717) is 0 Å². The van der Waals surface area contributed by atoms with Gasteiger partial charge in [-0.2, -0.15) is 0 Å². The Bertz CT molecular complexity index is 531. The predicted octanol–water partition coefficient (Wildman–Crippen LogP) is 3.37. The van der Waals surface area contributed by atoms with Crippen molar-refractivity contribution in [1.29, 1.82) is 0 Å². The second-order valence-electron chi connectivity index (χ2n) is 8.78. The highest BCUT2D eigenvalue weighted by molar-refractivity contribution is 5.81. The maximum atomic E-state index is 12.4. The first-order valence-corrected chi connectivity index (χ1v) is 10.4. The van der Waals surface area contributed by atoms with Gasteiger partial charge in [0.15, 0.2) is 0 Å². The van der Waals surface area contributed by atoms with Crippen molar-refractivity contribution in [3.63, 3.8) is 0 Å². The summed E-state index contributed by atoms with van der Waals surface area (Å²) in [6.45, 7) is 9.89. The molecule has 0 aromatic carbocycles. The van der Waals surface area contributed by atoms with Crippen LogP contribution in [0, 0.1) is 0 Å². The SMILES string of the molecule is CC(C(=O)NCCC1=CCCCC1)N1CCC(NC(=O)OC(C)(C)C)CC1. The van der Waals surface area contributed by atoms with E-state index in [4.69, 9.17) is 4.74 Å². The molecule has 0 bridgehead atoms. The topological polar surface area (TPSA) is 70.7 Å². The fourth-order valence-electron chi connectivity index (χ4n) is 3.70. The zero-order chi connectivity index (χ0) is 19.9. The average molecular weight is 380 g/mol. The molecule has 1 heterocycles. The third-order valence-corrected chi connectivity index (χ3v) is 5.31. The van der Waals surface area contributed by atoms with Crippen molar-refractivity contribution in [2.45, 2.75) is 90.3 Å². The molecule has 1 saturated heterocycles. The summed E-state index contributed by atoms with van der Waals surface area (Å²) in [5, 5.41) is 6.03. The number of carbonyl (C=O) groups excluding carboxylic acids is 2. The lowest BCUT2D eigenvalue weighted by Crippen LogP contribution is -2.52. The lowest BCUT2D eigenvalue weighted by atomic mass is 9.97. The van der Waals surface area contributed by atoms with Crippen molar-refractivity contribution in [3.8, 4) is 0 Å². The van der Waals surface area contributed by atoms with Crippen LogP contribution in [0.1, 0.15) is 72.6 Å². The summed E-state index contributed by atoms with van der Waals surface area (Å²) in [6, 6.07) is -0.0163. The minimum absolute atomic E-state index is 0.102. The van der Waals surface area contributed by atoms with Gasteiger partial charge in [0.25, 0.3) is 0 Å². The third-order valence-electron chi connectivity index (χ3n) is 5.31. The molecule has 0 radical (unpaired) electrons. The van der Waals surface area contributed by atoms with E-state index >= 15 is 0 Å². The van der Waals surface area contributed by atoms with Gasteiger partial charge in [-0.1, -0.05) is 11.6 Å². The quantitative estimate of drug-likeness (QED) is 0.694. The number of hydrogen-bond acceptors (Lipinski definition) is 4. The molecule has 0 aromatic heterocycles. The molecule has 0 spiro atoms. The number of allylic oxidation sites excluding steroid dienone is 1. The first-order valence-electron chi connectivity index (χ1n) is 10.4. The molecule has 27 heavy (non-hydrogen) atoms. The Morgan fingerprint density at radius 3 is 2.56 bits per heavy atom. The molecule has 1 atom stereocenters. The van der Waals surface area contributed by atoms with E-state index in [0.717, 1.165) is 38.9 Å². The van der Waals surface area contributed by atoms with Crippen LogP contribution in [0.2, 0.25) is 0 Å². The standard InChI is InChI=1S/C21H37N3O3/c1-16(19(25)22-13-10-17-8-6-5-7-9-17)24-14-11-18(12-15-24)23-20(26)27-21(2,3)4/h8,16,18H,5-7,9-15H2,1-4H3,(H,22,25)(H,23,26). The third kappa shape index (κ3) is 7.91. The summed E-state index contributed by atoms with van der Waals surface area (Å²) < 4.78 is 5.31. The smallest absolute Gasteiger partial charge is 0.407 e. The normalized spacial score (nSPS) is 20.5. The van der Waals surface area contributed by atoms with Gasteiger partial charge in [-0.3, -0.25) is 9.69 Å². The molecule has 6 nitrogen and oxygen atoms in total. The summed E-state index contributed by atoms with van der Waals surface area (Å²) in [5.74, 6) is 0.102. The number of amides is 2. The molecule has 1 aliphatic heterocycles. The molecule has 2 aliphatic rings. The highest BCUT2D eigenvalue weighted by atomic mass is 16.6. The second-order valence-corrected chi connectivity index (χ2v) is 8.78. The highest BCUT2D eigenvalue weighted by Gasteiger charge is 2.28. The number of hydrogen-bond donors (Lipinski definition) is 2. The van der Waals surface area contributed by atoms with Gasteiger partial charge < -0.3 is 15.4 Å². The van der Waals surface area contributed by atoms with Crippen LogP contribution in [0.3, 0.4) is 0 Å². The van der Waals surface area contributed by atoms with Crippen LogP contribution < -0.4 is 10.6 Å². The molecule has 0 aromatic rings. The highest BCUT2D eigenvalue weighted by Crippen LogP contribution is 2.19. The van der Waals surface area contributed by atoms with E-state index in [1.165, 1.54) is 31.3 Å². The Balaban J connectivity index is 1.66. The Morgan fingerprint density at radius 1 is 1.26 bits per heavy atom. The van der Waals surface area contributed by atoms with Crippen LogP contribution in [-0.2, 0) is 9.53 Å². The average Bonchev–Trinajstić information content (AvgIpc) is 2.61. The summed E-state index contributed by atoms with van der Waals surface area (Å²) in [6.07, 6.45) is 9.57. The van der Waals surface area contributed by atoms with Crippen LogP contribution in [0.15, 0.2) is 11.6 Å². The molecule has 0 saturated carbocycles. The zero-order valence-electron chi connectivity index (χ0n) is 17.5. The summed E-state index contributed by atoms with van der Waals surface area (Å²) in [4.78, 5) is 26.5. The number of carbonyl (C=O) groups is 2. The number of nitrogens with one attached hydrogen (secondary N) is 2. The van der Waals surface area contributed by atoms with Gasteiger partial charge in [-0.15, -0.1) is 0 Å². The maximum absolute atomic E-state index is 12.4. The molecular formula is C21H37N3O3. The summed E-state index contributed by atoms with van der Waals surface area (Å²) >= 11 is 0. The maximum Gasteiger partial charge on any atom is 0.407 e. The molecule has 154 valence electrons. The van der Waals surface area contributed by atoms with Crippen molar-refractivity contribution in [2.75, 3.05) is 19.6 Å². The monoisotopic (exact) mass is 379 g/mol. The zero-order valence-corrected chi connectivity index (χ0v) is 17.5. The van der Waals surface area contributed by atoms with Crippen molar-refractivity contribution in [2.24, 2.45) is 0 Å². The van der Waals surface area contributed by atoms with E-state index < -0.39 is 5.60 Å². The lowest BCUT2D eigenvalue weighted by Gasteiger charge is -2.35. The predicted molar refractivity (Wildman–Crippen MR) is 108 cm³/mol. The molecule has 1 fully saturated rings. The van der Waals surface area contributed by atoms with E-state index in [-0.39, 0.29) is 24.1 Å². The lowest BCUT2D eigenvalue weighted by molar-refractivity contribution is -0.126. The van der Waals surface area contributed by atoms with Crippen LogP contribution >= 0.6 is 0 Å². The number of ether oxygens (including phenoxy) is 1. The van der Waals surface area contributed by atoms with Crippen LogP contribution in [0.25, 0.3) is 0 Å². The van der Waals surface area contributed by atoms with Crippen LogP contribution in [0.4, 0.5) is 4.79 Å². The first-order chi connectivity index (χ1) is 12.7. The minimum Gasteiger partial charge on any atom is -0.444 e. The van der Waals surface area contributed by atoms with Gasteiger partial charge in [-0.05, 0) is 72.6 Å². The molecule has 2 rings (SSSR count). The first kappa shape index (κ1) is 21.7. The fraction of sp³-hybridized carbons (Fsp3) is 0.810. The van der Waals surface area contributed by atoms with E-state index in [1.807, 2.05) is 27.7 Å². The molecule has 1 aliphatic carbocycles. The largest absolute Gasteiger partial charge is 0.444 e. The molecule has 6 heteroatoms. The number of nitrogens with zero attached hydrogens (tertiary/aromatic N) is 1. The Hall–Kier alpha value is -1.56. The molecule has 1 unspecified atom stereocenters. The van der Waals surface area contributed by atoms with Crippen molar-refractivity contribution in [3.05, 3.63) is 11.6 Å². The molecule has 2 N–H and O–H groups in total. The van der Waals surface area contributed by atoms with Gasteiger partial charge in [0.1, 0.15) is 5.60 Å². The van der Waals surface area contributed by atoms with E-state index in [9.17, 15) is 9.59 Å². The van der Waals surface area contributed by atoms with Gasteiger partial charge >= 0.3 is 6.09 Å². The Kier molecular flexibility index (Phi) is 8.14. The van der Waals surface area contributed by atoms with Crippen molar-refractivity contribution < 1.29 is 14.3 Å². The number of rotatable bonds is 6. The fourth-order valence-corrected chi connectivity index (χ4v) is 3.70. The van der Waals surface area contributed by atoms with E-state index in [2.05, 4.69) is 21.6 Å². The van der Waals surface area contributed by atoms with Gasteiger partial charge in [0.2, 0.25) is 5.91 Å². The molecular weight excluding hydrogens is 342 g/mol. The van der Waals surface area contributed by atoms with Gasteiger partial charge in [0, 0.05) is 25.7 Å². The minimum atomic E-state index is -0.481. The summed E-state index contributed by atoms with van der Waals surface area (Å²) in [7, 11) is 0. The van der Waals surface area contributed by atoms with Crippen molar-refractivity contribution in [1.82, 2.24) is 15.5 Å². The number of alkyl carbamates (subject to hydrolysis) is 1. The number of likely N-dealkylation sites (tertiary alicyclic amines) is 1. The molecule has 2 amide bonds. The van der Waals surface area contributed by atoms with E-state index in [1.54, 1.807) is 0 Å². The Labute approximate surface area is 164 Å².